The lowest BCUT2D eigenvalue weighted by Crippen LogP contribution is -2.42. The number of likely N-dealkylation sites (tertiary alicyclic amines) is 1. The number of aliphatic hydroxyl groups is 1. The number of aliphatic carboxylic acids is 1. The maximum Gasteiger partial charge on any atom is 0.326 e. The van der Waals surface area contributed by atoms with Crippen LogP contribution in [0, 0.1) is 0 Å². The van der Waals surface area contributed by atoms with E-state index in [4.69, 9.17) is 10.8 Å². The fourth-order valence-corrected chi connectivity index (χ4v) is 2.14. The number of nitrogens with zero attached hydrogens (tertiary/aromatic N) is 1. The van der Waals surface area contributed by atoms with E-state index in [0.29, 0.717) is 0 Å². The molecule has 1 aliphatic heterocycles. The smallest absolute Gasteiger partial charge is 0.326 e. The van der Waals surface area contributed by atoms with Crippen LogP contribution < -0.4 is 5.73 Å². The van der Waals surface area contributed by atoms with Gasteiger partial charge in [0.15, 0.2) is 0 Å². The second kappa shape index (κ2) is 5.97. The predicted octanol–water partition coefficient (Wildman–Crippen LogP) is -0.450. The van der Waals surface area contributed by atoms with Gasteiger partial charge in [0, 0.05) is 25.4 Å². The lowest BCUT2D eigenvalue weighted by Gasteiger charge is -2.22. The SMILES string of the molecule is CCCC(N)CC(=O)N1C[C@H](O)C[C@H]1C(=O)O. The Hall–Kier alpha value is -1.14. The molecule has 0 aliphatic carbocycles. The van der Waals surface area contributed by atoms with Crippen molar-refractivity contribution >= 4 is 11.9 Å². The zero-order chi connectivity index (χ0) is 13.0. The molecule has 1 fully saturated rings. The molecule has 0 spiro atoms. The molecule has 0 bridgehead atoms. The van der Waals surface area contributed by atoms with E-state index >= 15 is 0 Å². The van der Waals surface area contributed by atoms with Crippen molar-refractivity contribution in [1.82, 2.24) is 4.90 Å². The molecule has 98 valence electrons. The molecule has 17 heavy (non-hydrogen) atoms. The van der Waals surface area contributed by atoms with Crippen molar-refractivity contribution in [3.63, 3.8) is 0 Å². The average molecular weight is 244 g/mol. The molecule has 1 unspecified atom stereocenters. The van der Waals surface area contributed by atoms with Crippen LogP contribution in [0.1, 0.15) is 32.6 Å². The molecule has 6 heteroatoms. The summed E-state index contributed by atoms with van der Waals surface area (Å²) in [6, 6.07) is -1.15. The van der Waals surface area contributed by atoms with E-state index < -0.39 is 18.1 Å². The first-order valence-corrected chi connectivity index (χ1v) is 5.91. The summed E-state index contributed by atoms with van der Waals surface area (Å²) in [6.07, 6.45) is 1.12. The molecule has 1 aliphatic rings. The molecule has 4 N–H and O–H groups in total. The summed E-state index contributed by atoms with van der Waals surface area (Å²) in [6.45, 7) is 2.07. The maximum absolute atomic E-state index is 11.9. The van der Waals surface area contributed by atoms with Gasteiger partial charge in [-0.2, -0.15) is 0 Å². The number of β-amino-alcohol motifs (C(OH)–C–C–N with tert-alkyl or cyclic N) is 1. The number of rotatable bonds is 5. The van der Waals surface area contributed by atoms with E-state index in [1.54, 1.807) is 0 Å². The van der Waals surface area contributed by atoms with E-state index in [0.717, 1.165) is 12.8 Å². The molecule has 3 atom stereocenters. The highest BCUT2D eigenvalue weighted by Crippen LogP contribution is 2.19. The number of carbonyl (C=O) groups excluding carboxylic acids is 1. The fourth-order valence-electron chi connectivity index (χ4n) is 2.14. The summed E-state index contributed by atoms with van der Waals surface area (Å²) in [7, 11) is 0. The van der Waals surface area contributed by atoms with E-state index in [9.17, 15) is 14.7 Å². The summed E-state index contributed by atoms with van der Waals surface area (Å²) < 4.78 is 0. The largest absolute Gasteiger partial charge is 0.480 e. The number of amides is 1. The van der Waals surface area contributed by atoms with Crippen LogP contribution in [0.15, 0.2) is 0 Å². The monoisotopic (exact) mass is 244 g/mol. The standard InChI is InChI=1S/C11H20N2O4/c1-2-3-7(12)4-10(15)13-6-8(14)5-9(13)11(16)17/h7-9,14H,2-6,12H2,1H3,(H,16,17)/t7?,8-,9+/m1/s1. The van der Waals surface area contributed by atoms with Gasteiger partial charge < -0.3 is 20.8 Å². The number of carboxylic acid groups (broad SMARTS) is 1. The Labute approximate surface area is 100 Å². The molecule has 1 heterocycles. The summed E-state index contributed by atoms with van der Waals surface area (Å²) in [4.78, 5) is 24.0. The molecular formula is C11H20N2O4. The predicted molar refractivity (Wildman–Crippen MR) is 61.3 cm³/mol. The topological polar surface area (TPSA) is 104 Å². The Kier molecular flexibility index (Phi) is 4.89. The molecule has 6 nitrogen and oxygen atoms in total. The van der Waals surface area contributed by atoms with Gasteiger partial charge in [-0.3, -0.25) is 4.79 Å². The molecule has 1 amide bonds. The van der Waals surface area contributed by atoms with Crippen LogP contribution in [-0.4, -0.2) is 51.7 Å². The number of hydrogen-bond acceptors (Lipinski definition) is 4. The van der Waals surface area contributed by atoms with Crippen LogP contribution in [0.3, 0.4) is 0 Å². The average Bonchev–Trinajstić information content (AvgIpc) is 2.60. The Morgan fingerprint density at radius 3 is 2.71 bits per heavy atom. The minimum absolute atomic E-state index is 0.0919. The number of aliphatic hydroxyl groups excluding tert-OH is 1. The third-order valence-electron chi connectivity index (χ3n) is 2.98. The van der Waals surface area contributed by atoms with Gasteiger partial charge >= 0.3 is 5.97 Å². The molecule has 1 saturated heterocycles. The first-order chi connectivity index (χ1) is 7.95. The summed E-state index contributed by atoms with van der Waals surface area (Å²) in [5.74, 6) is -1.35. The maximum atomic E-state index is 11.9. The quantitative estimate of drug-likeness (QED) is 0.607. The number of carbonyl (C=O) groups is 2. The highest BCUT2D eigenvalue weighted by molar-refractivity contribution is 5.84. The van der Waals surface area contributed by atoms with Crippen molar-refractivity contribution in [2.75, 3.05) is 6.54 Å². The zero-order valence-corrected chi connectivity index (χ0v) is 10.0. The summed E-state index contributed by atoms with van der Waals surface area (Å²) in [5, 5.41) is 18.4. The first kappa shape index (κ1) is 13.9. The Morgan fingerprint density at radius 1 is 1.53 bits per heavy atom. The molecule has 1 rings (SSSR count). The van der Waals surface area contributed by atoms with Crippen LogP contribution >= 0.6 is 0 Å². The van der Waals surface area contributed by atoms with Crippen molar-refractivity contribution in [1.29, 1.82) is 0 Å². The number of carboxylic acids is 1. The Bertz CT molecular complexity index is 295. The first-order valence-electron chi connectivity index (χ1n) is 5.91. The minimum atomic E-state index is -1.07. The van der Waals surface area contributed by atoms with Gasteiger partial charge in [0.05, 0.1) is 6.10 Å². The normalized spacial score (nSPS) is 25.9. The lowest BCUT2D eigenvalue weighted by atomic mass is 10.1. The van der Waals surface area contributed by atoms with Gasteiger partial charge in [-0.25, -0.2) is 4.79 Å². The van der Waals surface area contributed by atoms with Crippen LogP contribution in [0.25, 0.3) is 0 Å². The molecule has 0 aromatic rings. The number of nitrogens with two attached hydrogens (primary N) is 1. The highest BCUT2D eigenvalue weighted by Gasteiger charge is 2.38. The van der Waals surface area contributed by atoms with Gasteiger partial charge in [-0.1, -0.05) is 13.3 Å². The van der Waals surface area contributed by atoms with Crippen molar-refractivity contribution in [2.45, 2.75) is 50.8 Å². The third kappa shape index (κ3) is 3.67. The molecule has 0 radical (unpaired) electrons. The highest BCUT2D eigenvalue weighted by atomic mass is 16.4. The lowest BCUT2D eigenvalue weighted by molar-refractivity contribution is -0.148. The van der Waals surface area contributed by atoms with E-state index in [-0.39, 0.29) is 31.3 Å². The fraction of sp³-hybridized carbons (Fsp3) is 0.818. The van der Waals surface area contributed by atoms with E-state index in [2.05, 4.69) is 0 Å². The van der Waals surface area contributed by atoms with Gasteiger partial charge in [0.1, 0.15) is 6.04 Å². The van der Waals surface area contributed by atoms with E-state index in [1.165, 1.54) is 4.90 Å². The van der Waals surface area contributed by atoms with Crippen LogP contribution in [0.5, 0.6) is 0 Å². The Morgan fingerprint density at radius 2 is 2.18 bits per heavy atom. The van der Waals surface area contributed by atoms with Crippen LogP contribution in [0.2, 0.25) is 0 Å². The summed E-state index contributed by atoms with van der Waals surface area (Å²) >= 11 is 0. The van der Waals surface area contributed by atoms with Gasteiger partial charge in [0.2, 0.25) is 5.91 Å². The molecule has 0 aromatic carbocycles. The molecular weight excluding hydrogens is 224 g/mol. The second-order valence-corrected chi connectivity index (χ2v) is 4.54. The molecule has 0 aromatic heterocycles. The second-order valence-electron chi connectivity index (χ2n) is 4.54. The van der Waals surface area contributed by atoms with Crippen molar-refractivity contribution in [3.8, 4) is 0 Å². The van der Waals surface area contributed by atoms with Gasteiger partial charge in [0.25, 0.3) is 0 Å². The van der Waals surface area contributed by atoms with Crippen LogP contribution in [0.4, 0.5) is 0 Å². The van der Waals surface area contributed by atoms with Crippen molar-refractivity contribution in [2.24, 2.45) is 5.73 Å². The Balaban J connectivity index is 2.58. The molecule has 0 saturated carbocycles. The van der Waals surface area contributed by atoms with Gasteiger partial charge in [-0.15, -0.1) is 0 Å². The van der Waals surface area contributed by atoms with Crippen molar-refractivity contribution < 1.29 is 19.8 Å². The number of hydrogen-bond donors (Lipinski definition) is 3. The van der Waals surface area contributed by atoms with E-state index in [1.807, 2.05) is 6.92 Å². The van der Waals surface area contributed by atoms with Crippen molar-refractivity contribution in [3.05, 3.63) is 0 Å². The van der Waals surface area contributed by atoms with Crippen LogP contribution in [-0.2, 0) is 9.59 Å². The third-order valence-corrected chi connectivity index (χ3v) is 2.98. The zero-order valence-electron chi connectivity index (χ0n) is 10.0. The van der Waals surface area contributed by atoms with Gasteiger partial charge in [-0.05, 0) is 6.42 Å². The minimum Gasteiger partial charge on any atom is -0.480 e. The summed E-state index contributed by atoms with van der Waals surface area (Å²) in [5.41, 5.74) is 5.75.